The van der Waals surface area contributed by atoms with Crippen LogP contribution in [0, 0.1) is 0 Å². The van der Waals surface area contributed by atoms with E-state index in [0.29, 0.717) is 20.9 Å². The Morgan fingerprint density at radius 2 is 1.91 bits per heavy atom. The Kier molecular flexibility index (Phi) is 6.03. The van der Waals surface area contributed by atoms with E-state index in [1.807, 2.05) is 36.5 Å². The Hall–Kier alpha value is -1.33. The van der Waals surface area contributed by atoms with Crippen molar-refractivity contribution in [2.45, 2.75) is 13.0 Å². The average molecular weight is 360 g/mol. The first-order valence-electron chi connectivity index (χ1n) is 6.65. The van der Waals surface area contributed by atoms with E-state index in [0.717, 1.165) is 5.56 Å². The molecule has 4 nitrogen and oxygen atoms in total. The highest BCUT2D eigenvalue weighted by molar-refractivity contribution is 6.36. The number of quaternary nitrogens is 1. The summed E-state index contributed by atoms with van der Waals surface area (Å²) < 4.78 is 0. The number of hydrogen-bond acceptors (Lipinski definition) is 2. The normalized spacial score (nSPS) is 12.0. The number of halogens is 3. The molecule has 0 aliphatic carbocycles. The lowest BCUT2D eigenvalue weighted by Gasteiger charge is -2.11. The summed E-state index contributed by atoms with van der Waals surface area (Å²) in [7, 11) is 0. The molecule has 1 atom stereocenters. The highest BCUT2D eigenvalue weighted by atomic mass is 35.5. The minimum absolute atomic E-state index is 0.136. The van der Waals surface area contributed by atoms with Crippen molar-refractivity contribution in [2.75, 3.05) is 11.9 Å². The van der Waals surface area contributed by atoms with Crippen molar-refractivity contribution < 1.29 is 10.1 Å². The van der Waals surface area contributed by atoms with Crippen LogP contribution in [-0.4, -0.2) is 17.4 Å². The summed E-state index contributed by atoms with van der Waals surface area (Å²) in [5.41, 5.74) is 1.10. The van der Waals surface area contributed by atoms with E-state index in [-0.39, 0.29) is 18.5 Å². The van der Waals surface area contributed by atoms with E-state index >= 15 is 0 Å². The fraction of sp³-hybridized carbons (Fsp3) is 0.200. The third-order valence-electron chi connectivity index (χ3n) is 3.12. The molecule has 0 radical (unpaired) electrons. The van der Waals surface area contributed by atoms with Crippen molar-refractivity contribution in [3.63, 3.8) is 0 Å². The minimum Gasteiger partial charge on any atom is -0.333 e. The van der Waals surface area contributed by atoms with Crippen molar-refractivity contribution in [1.29, 1.82) is 0 Å². The van der Waals surface area contributed by atoms with E-state index in [9.17, 15) is 4.79 Å². The summed E-state index contributed by atoms with van der Waals surface area (Å²) in [5.74, 6) is 0.126. The molecule has 22 heavy (non-hydrogen) atoms. The van der Waals surface area contributed by atoms with Gasteiger partial charge in [0.1, 0.15) is 6.04 Å². The molecule has 3 N–H and O–H groups in total. The van der Waals surface area contributed by atoms with Gasteiger partial charge in [-0.15, -0.1) is 0 Å². The number of rotatable bonds is 5. The molecular formula is C15H15Cl3N3O+. The van der Waals surface area contributed by atoms with Gasteiger partial charge >= 0.3 is 0 Å². The van der Waals surface area contributed by atoms with Crippen LogP contribution in [0.2, 0.25) is 15.1 Å². The Bertz CT molecular complexity index is 662. The maximum atomic E-state index is 11.9. The van der Waals surface area contributed by atoms with Crippen LogP contribution in [0.15, 0.2) is 36.5 Å². The molecule has 2 rings (SSSR count). The van der Waals surface area contributed by atoms with Gasteiger partial charge in [0.2, 0.25) is 0 Å². The molecule has 0 saturated heterocycles. The van der Waals surface area contributed by atoms with Gasteiger partial charge in [-0.2, -0.15) is 0 Å². The highest BCUT2D eigenvalue weighted by Crippen LogP contribution is 2.22. The van der Waals surface area contributed by atoms with Crippen LogP contribution in [0.5, 0.6) is 0 Å². The van der Waals surface area contributed by atoms with Gasteiger partial charge in [-0.1, -0.05) is 46.9 Å². The lowest BCUT2D eigenvalue weighted by molar-refractivity contribution is -0.682. The van der Waals surface area contributed by atoms with E-state index in [1.54, 1.807) is 0 Å². The zero-order valence-corrected chi connectivity index (χ0v) is 14.1. The van der Waals surface area contributed by atoms with Crippen molar-refractivity contribution in [2.24, 2.45) is 0 Å². The molecule has 0 aliphatic heterocycles. The smallest absolute Gasteiger partial charge is 0.280 e. The first-order chi connectivity index (χ1) is 10.5. The Labute approximate surface area is 143 Å². The number of carbonyl (C=O) groups excluding carboxylic acids is 1. The molecule has 1 heterocycles. The van der Waals surface area contributed by atoms with E-state index in [2.05, 4.69) is 10.3 Å². The van der Waals surface area contributed by atoms with Crippen molar-refractivity contribution in [3.05, 3.63) is 57.2 Å². The SMILES string of the molecule is C[C@@H]([NH2+]CC(=O)Nc1ncc(Cl)cc1Cl)c1ccc(Cl)cc1. The fourth-order valence-electron chi connectivity index (χ4n) is 1.88. The van der Waals surface area contributed by atoms with Gasteiger partial charge in [-0.3, -0.25) is 4.79 Å². The Morgan fingerprint density at radius 1 is 1.23 bits per heavy atom. The number of benzene rings is 1. The average Bonchev–Trinajstić information content (AvgIpc) is 2.48. The second-order valence-electron chi connectivity index (χ2n) is 4.81. The highest BCUT2D eigenvalue weighted by Gasteiger charge is 2.13. The van der Waals surface area contributed by atoms with Crippen LogP contribution in [0.1, 0.15) is 18.5 Å². The zero-order valence-electron chi connectivity index (χ0n) is 11.8. The maximum absolute atomic E-state index is 11.9. The molecule has 2 aromatic rings. The molecule has 0 spiro atoms. The molecule has 0 saturated carbocycles. The number of aromatic nitrogens is 1. The van der Waals surface area contributed by atoms with Crippen LogP contribution in [0.4, 0.5) is 5.82 Å². The van der Waals surface area contributed by atoms with Crippen LogP contribution >= 0.6 is 34.8 Å². The number of carbonyl (C=O) groups is 1. The number of amides is 1. The first-order valence-corrected chi connectivity index (χ1v) is 7.79. The number of hydrogen-bond donors (Lipinski definition) is 2. The second kappa shape index (κ2) is 7.79. The standard InChI is InChI=1S/C15H14Cl3N3O/c1-9(10-2-4-11(16)5-3-10)19-8-14(22)21-15-13(18)6-12(17)7-20-15/h2-7,9,19H,8H2,1H3,(H,20,21,22)/p+1/t9-/m1/s1. The lowest BCUT2D eigenvalue weighted by Crippen LogP contribution is -2.86. The van der Waals surface area contributed by atoms with Gasteiger partial charge in [-0.25, -0.2) is 4.98 Å². The third-order valence-corrected chi connectivity index (χ3v) is 3.87. The number of nitrogens with two attached hydrogens (primary N) is 1. The molecule has 0 aliphatic rings. The van der Waals surface area contributed by atoms with Gasteiger partial charge < -0.3 is 10.6 Å². The second-order valence-corrected chi connectivity index (χ2v) is 6.09. The number of pyridine rings is 1. The summed E-state index contributed by atoms with van der Waals surface area (Å²) in [6, 6.07) is 9.22. The zero-order chi connectivity index (χ0) is 16.1. The van der Waals surface area contributed by atoms with Crippen LogP contribution in [0.25, 0.3) is 0 Å². The largest absolute Gasteiger partial charge is 0.333 e. The molecule has 7 heteroatoms. The summed E-state index contributed by atoms with van der Waals surface area (Å²) in [4.78, 5) is 15.9. The minimum atomic E-state index is -0.183. The first kappa shape index (κ1) is 17.0. The van der Waals surface area contributed by atoms with Crippen molar-refractivity contribution in [3.8, 4) is 0 Å². The molecule has 0 fully saturated rings. The monoisotopic (exact) mass is 358 g/mol. The summed E-state index contributed by atoms with van der Waals surface area (Å²) in [6.45, 7) is 2.27. The van der Waals surface area contributed by atoms with Gasteiger partial charge in [0.05, 0.1) is 10.0 Å². The predicted molar refractivity (Wildman–Crippen MR) is 89.5 cm³/mol. The maximum Gasteiger partial charge on any atom is 0.280 e. The molecule has 1 aromatic carbocycles. The van der Waals surface area contributed by atoms with E-state index in [1.165, 1.54) is 12.3 Å². The van der Waals surface area contributed by atoms with Crippen molar-refractivity contribution in [1.82, 2.24) is 4.98 Å². The molecular weight excluding hydrogens is 345 g/mol. The molecule has 0 bridgehead atoms. The topological polar surface area (TPSA) is 58.6 Å². The molecule has 116 valence electrons. The van der Waals surface area contributed by atoms with Gasteiger partial charge in [0.25, 0.3) is 5.91 Å². The van der Waals surface area contributed by atoms with Gasteiger partial charge in [0.15, 0.2) is 12.4 Å². The van der Waals surface area contributed by atoms with Crippen LogP contribution in [0.3, 0.4) is 0 Å². The molecule has 1 aromatic heterocycles. The molecule has 1 amide bonds. The van der Waals surface area contributed by atoms with Gasteiger partial charge in [0, 0.05) is 16.8 Å². The number of nitrogens with zero attached hydrogens (tertiary/aromatic N) is 1. The van der Waals surface area contributed by atoms with E-state index < -0.39 is 0 Å². The Morgan fingerprint density at radius 3 is 2.55 bits per heavy atom. The quantitative estimate of drug-likeness (QED) is 0.860. The lowest BCUT2D eigenvalue weighted by atomic mass is 10.1. The molecule has 0 unspecified atom stereocenters. The summed E-state index contributed by atoms with van der Waals surface area (Å²) in [6.07, 6.45) is 1.43. The Balaban J connectivity index is 1.88. The third kappa shape index (κ3) is 4.85. The van der Waals surface area contributed by atoms with E-state index in [4.69, 9.17) is 34.8 Å². The van der Waals surface area contributed by atoms with Crippen molar-refractivity contribution >= 4 is 46.5 Å². The van der Waals surface area contributed by atoms with Gasteiger partial charge in [-0.05, 0) is 25.1 Å². The fourth-order valence-corrected chi connectivity index (χ4v) is 2.43. The summed E-state index contributed by atoms with van der Waals surface area (Å²) >= 11 is 17.6. The predicted octanol–water partition coefficient (Wildman–Crippen LogP) is 3.30. The van der Waals surface area contributed by atoms with Crippen LogP contribution in [-0.2, 0) is 4.79 Å². The summed E-state index contributed by atoms with van der Waals surface area (Å²) in [5, 5.41) is 6.01. The van der Waals surface area contributed by atoms with Crippen LogP contribution < -0.4 is 10.6 Å². The number of nitrogens with one attached hydrogen (secondary N) is 1. The number of anilines is 1.